The molecular formula is C18H14F3N3OS. The van der Waals surface area contributed by atoms with Crippen molar-refractivity contribution in [2.45, 2.75) is 17.6 Å². The van der Waals surface area contributed by atoms with Gasteiger partial charge in [0.05, 0.1) is 5.69 Å². The van der Waals surface area contributed by atoms with E-state index in [-0.39, 0.29) is 0 Å². The van der Waals surface area contributed by atoms with Gasteiger partial charge >= 0.3 is 0 Å². The molecule has 0 bridgehead atoms. The fraction of sp³-hybridized carbons (Fsp3) is 0.111. The summed E-state index contributed by atoms with van der Waals surface area (Å²) in [6, 6.07) is 10.1. The molecule has 0 aliphatic heterocycles. The predicted molar refractivity (Wildman–Crippen MR) is 94.5 cm³/mol. The molecule has 0 aliphatic rings. The maximum absolute atomic E-state index is 14.3. The molecule has 0 saturated heterocycles. The number of alkyl halides is 2. The number of halogens is 3. The van der Waals surface area contributed by atoms with E-state index in [0.29, 0.717) is 39.4 Å². The van der Waals surface area contributed by atoms with Gasteiger partial charge in [-0.1, -0.05) is 11.8 Å². The van der Waals surface area contributed by atoms with E-state index in [4.69, 9.17) is 0 Å². The van der Waals surface area contributed by atoms with Crippen LogP contribution in [0.3, 0.4) is 0 Å². The quantitative estimate of drug-likeness (QED) is 0.644. The van der Waals surface area contributed by atoms with Crippen molar-refractivity contribution in [2.75, 3.05) is 5.32 Å². The van der Waals surface area contributed by atoms with Crippen molar-refractivity contribution in [3.8, 4) is 5.69 Å². The van der Waals surface area contributed by atoms with Crippen LogP contribution >= 0.6 is 11.8 Å². The lowest BCUT2D eigenvalue weighted by atomic mass is 10.2. The summed E-state index contributed by atoms with van der Waals surface area (Å²) in [5.41, 5.74) is 0.907. The summed E-state index contributed by atoms with van der Waals surface area (Å²) >= 11 is 0.404. The van der Waals surface area contributed by atoms with Gasteiger partial charge in [-0.25, -0.2) is 9.37 Å². The number of thioether (sulfide) groups is 1. The van der Waals surface area contributed by atoms with Crippen LogP contribution in [0, 0.1) is 12.7 Å². The summed E-state index contributed by atoms with van der Waals surface area (Å²) in [5, 5.41) is 2.59. The molecule has 1 amide bonds. The fourth-order valence-corrected chi connectivity index (χ4v) is 2.90. The third-order valence-electron chi connectivity index (χ3n) is 3.63. The van der Waals surface area contributed by atoms with Crippen LogP contribution in [0.25, 0.3) is 5.69 Å². The van der Waals surface area contributed by atoms with Crippen molar-refractivity contribution in [3.63, 3.8) is 0 Å². The van der Waals surface area contributed by atoms with E-state index in [9.17, 15) is 18.0 Å². The van der Waals surface area contributed by atoms with Gasteiger partial charge in [0, 0.05) is 28.5 Å². The number of rotatable bonds is 5. The van der Waals surface area contributed by atoms with Crippen molar-refractivity contribution < 1.29 is 18.0 Å². The second-order valence-corrected chi connectivity index (χ2v) is 6.43. The fourth-order valence-electron chi connectivity index (χ4n) is 2.40. The highest BCUT2D eigenvalue weighted by atomic mass is 32.2. The standard InChI is InChI=1S/C18H14F3N3OS/c1-11-22-8-9-24(11)16-7-4-13(10-15(16)19)23-17(25)12-2-5-14(6-3-12)26-18(20)21/h2-10,18H,1H3,(H,23,25). The number of hydrogen-bond acceptors (Lipinski definition) is 3. The van der Waals surface area contributed by atoms with Gasteiger partial charge in [0.2, 0.25) is 0 Å². The van der Waals surface area contributed by atoms with Crippen molar-refractivity contribution in [2.24, 2.45) is 0 Å². The molecule has 8 heteroatoms. The van der Waals surface area contributed by atoms with Gasteiger partial charge in [-0.15, -0.1) is 0 Å². The Morgan fingerprint density at radius 2 is 1.92 bits per heavy atom. The summed E-state index contributed by atoms with van der Waals surface area (Å²) < 4.78 is 40.6. The van der Waals surface area contributed by atoms with Crippen LogP contribution in [0.15, 0.2) is 59.8 Å². The maximum Gasteiger partial charge on any atom is 0.288 e. The molecule has 3 rings (SSSR count). The van der Waals surface area contributed by atoms with Crippen LogP contribution in [0.5, 0.6) is 0 Å². The number of hydrogen-bond donors (Lipinski definition) is 1. The normalized spacial score (nSPS) is 11.0. The molecule has 0 fully saturated rings. The lowest BCUT2D eigenvalue weighted by Gasteiger charge is -2.10. The van der Waals surface area contributed by atoms with Gasteiger partial charge in [-0.2, -0.15) is 8.78 Å². The van der Waals surface area contributed by atoms with E-state index >= 15 is 0 Å². The van der Waals surface area contributed by atoms with Crippen molar-refractivity contribution in [1.82, 2.24) is 9.55 Å². The number of aromatic nitrogens is 2. The maximum atomic E-state index is 14.3. The lowest BCUT2D eigenvalue weighted by Crippen LogP contribution is -2.12. The highest BCUT2D eigenvalue weighted by molar-refractivity contribution is 7.99. The lowest BCUT2D eigenvalue weighted by molar-refractivity contribution is 0.102. The van der Waals surface area contributed by atoms with Crippen LogP contribution in [-0.2, 0) is 0 Å². The van der Waals surface area contributed by atoms with E-state index in [0.717, 1.165) is 0 Å². The number of nitrogens with zero attached hydrogens (tertiary/aromatic N) is 2. The van der Waals surface area contributed by atoms with E-state index in [1.165, 1.54) is 30.3 Å². The second kappa shape index (κ2) is 7.65. The first kappa shape index (κ1) is 18.1. The number of carbonyl (C=O) groups excluding carboxylic acids is 1. The molecule has 0 atom stereocenters. The third-order valence-corrected chi connectivity index (χ3v) is 4.36. The zero-order chi connectivity index (χ0) is 18.7. The predicted octanol–water partition coefficient (Wildman–Crippen LogP) is 4.89. The highest BCUT2D eigenvalue weighted by Gasteiger charge is 2.11. The summed E-state index contributed by atoms with van der Waals surface area (Å²) in [6.07, 6.45) is 3.21. The Hall–Kier alpha value is -2.74. The second-order valence-electron chi connectivity index (χ2n) is 5.37. The van der Waals surface area contributed by atoms with Crippen LogP contribution in [0.4, 0.5) is 18.9 Å². The first-order valence-electron chi connectivity index (χ1n) is 7.60. The number of aryl methyl sites for hydroxylation is 1. The smallest absolute Gasteiger partial charge is 0.288 e. The van der Waals surface area contributed by atoms with Gasteiger partial charge in [-0.05, 0) is 49.4 Å². The number of benzene rings is 2. The zero-order valence-corrected chi connectivity index (χ0v) is 14.4. The van der Waals surface area contributed by atoms with Crippen LogP contribution < -0.4 is 5.32 Å². The molecule has 0 unspecified atom stereocenters. The van der Waals surface area contributed by atoms with Crippen LogP contribution in [0.1, 0.15) is 16.2 Å². The first-order chi connectivity index (χ1) is 12.4. The van der Waals surface area contributed by atoms with Crippen molar-refractivity contribution in [1.29, 1.82) is 0 Å². The molecule has 0 spiro atoms. The molecule has 1 N–H and O–H groups in total. The summed E-state index contributed by atoms with van der Waals surface area (Å²) in [4.78, 5) is 16.6. The molecule has 0 saturated carbocycles. The largest absolute Gasteiger partial charge is 0.322 e. The van der Waals surface area contributed by atoms with Crippen LogP contribution in [0.2, 0.25) is 0 Å². The highest BCUT2D eigenvalue weighted by Crippen LogP contribution is 2.25. The summed E-state index contributed by atoms with van der Waals surface area (Å²) in [5.74, 6) is -2.84. The van der Waals surface area contributed by atoms with Crippen LogP contribution in [-0.4, -0.2) is 21.2 Å². The molecule has 4 nitrogen and oxygen atoms in total. The van der Waals surface area contributed by atoms with E-state index < -0.39 is 17.5 Å². The number of anilines is 1. The molecule has 134 valence electrons. The minimum atomic E-state index is -2.52. The Balaban J connectivity index is 1.73. The number of imidazole rings is 1. The number of nitrogens with one attached hydrogen (secondary N) is 1. The summed E-state index contributed by atoms with van der Waals surface area (Å²) in [6.45, 7) is 1.76. The SMILES string of the molecule is Cc1nccn1-c1ccc(NC(=O)c2ccc(SC(F)F)cc2)cc1F. The van der Waals surface area contributed by atoms with Gasteiger partial charge in [0.15, 0.2) is 0 Å². The Kier molecular flexibility index (Phi) is 5.32. The molecule has 2 aromatic carbocycles. The number of amides is 1. The first-order valence-corrected chi connectivity index (χ1v) is 8.48. The molecule has 0 aliphatic carbocycles. The minimum Gasteiger partial charge on any atom is -0.322 e. The number of carbonyl (C=O) groups is 1. The Morgan fingerprint density at radius 1 is 1.19 bits per heavy atom. The van der Waals surface area contributed by atoms with Crippen molar-refractivity contribution in [3.05, 3.63) is 72.1 Å². The van der Waals surface area contributed by atoms with Crippen molar-refractivity contribution >= 4 is 23.4 Å². The minimum absolute atomic E-state index is 0.290. The third kappa shape index (κ3) is 4.08. The van der Waals surface area contributed by atoms with Gasteiger partial charge in [0.1, 0.15) is 11.6 Å². The molecule has 3 aromatic rings. The monoisotopic (exact) mass is 377 g/mol. The topological polar surface area (TPSA) is 46.9 Å². The van der Waals surface area contributed by atoms with E-state index in [1.807, 2.05) is 0 Å². The Morgan fingerprint density at radius 3 is 2.50 bits per heavy atom. The molecular weight excluding hydrogens is 363 g/mol. The average Bonchev–Trinajstić information content (AvgIpc) is 3.01. The summed E-state index contributed by atoms with van der Waals surface area (Å²) in [7, 11) is 0. The molecule has 26 heavy (non-hydrogen) atoms. The van der Waals surface area contributed by atoms with Gasteiger partial charge < -0.3 is 9.88 Å². The van der Waals surface area contributed by atoms with Gasteiger partial charge in [-0.3, -0.25) is 4.79 Å². The van der Waals surface area contributed by atoms with Gasteiger partial charge in [0.25, 0.3) is 11.7 Å². The molecule has 1 heterocycles. The zero-order valence-electron chi connectivity index (χ0n) is 13.6. The Bertz CT molecular complexity index is 926. The Labute approximate surface area is 152 Å². The van der Waals surface area contributed by atoms with E-state index in [1.54, 1.807) is 36.0 Å². The molecule has 1 aromatic heterocycles. The molecule has 0 radical (unpaired) electrons. The van der Waals surface area contributed by atoms with E-state index in [2.05, 4.69) is 10.3 Å². The average molecular weight is 377 g/mol.